The number of pyridine rings is 1. The Balaban J connectivity index is 2.08. The SMILES string of the molecule is CSCC(C)(O)CNc1ccc2ccccc2n1. The van der Waals surface area contributed by atoms with Gasteiger partial charge in [0.1, 0.15) is 5.82 Å². The molecule has 96 valence electrons. The van der Waals surface area contributed by atoms with Gasteiger partial charge in [0.05, 0.1) is 11.1 Å². The van der Waals surface area contributed by atoms with Crippen molar-refractivity contribution >= 4 is 28.5 Å². The number of aromatic nitrogens is 1. The molecule has 2 rings (SSSR count). The summed E-state index contributed by atoms with van der Waals surface area (Å²) in [5.74, 6) is 1.50. The van der Waals surface area contributed by atoms with Crippen LogP contribution in [0.15, 0.2) is 36.4 Å². The van der Waals surface area contributed by atoms with Gasteiger partial charge < -0.3 is 10.4 Å². The van der Waals surface area contributed by atoms with Gasteiger partial charge in [0.15, 0.2) is 0 Å². The van der Waals surface area contributed by atoms with Crippen molar-refractivity contribution in [1.82, 2.24) is 4.98 Å². The highest BCUT2D eigenvalue weighted by atomic mass is 32.2. The molecule has 1 aromatic carbocycles. The van der Waals surface area contributed by atoms with Crippen LogP contribution in [0, 0.1) is 0 Å². The van der Waals surface area contributed by atoms with E-state index in [2.05, 4.69) is 10.3 Å². The third-order valence-corrected chi connectivity index (χ3v) is 3.61. The third kappa shape index (κ3) is 3.37. The van der Waals surface area contributed by atoms with Gasteiger partial charge in [0, 0.05) is 17.7 Å². The fraction of sp³-hybridized carbons (Fsp3) is 0.357. The number of rotatable bonds is 5. The molecule has 2 N–H and O–H groups in total. The first-order valence-electron chi connectivity index (χ1n) is 5.92. The lowest BCUT2D eigenvalue weighted by Crippen LogP contribution is -2.36. The second-order valence-electron chi connectivity index (χ2n) is 4.67. The van der Waals surface area contributed by atoms with Crippen LogP contribution in [0.25, 0.3) is 10.9 Å². The molecule has 0 aliphatic rings. The summed E-state index contributed by atoms with van der Waals surface area (Å²) in [5.41, 5.74) is 0.249. The second-order valence-corrected chi connectivity index (χ2v) is 5.54. The highest BCUT2D eigenvalue weighted by molar-refractivity contribution is 7.98. The summed E-state index contributed by atoms with van der Waals surface area (Å²) in [6.45, 7) is 2.33. The number of fused-ring (bicyclic) bond motifs is 1. The molecule has 0 radical (unpaired) electrons. The Morgan fingerprint density at radius 3 is 2.83 bits per heavy atom. The van der Waals surface area contributed by atoms with Crippen LogP contribution < -0.4 is 5.32 Å². The average molecular weight is 262 g/mol. The Hall–Kier alpha value is -1.26. The maximum Gasteiger partial charge on any atom is 0.126 e. The van der Waals surface area contributed by atoms with Crippen LogP contribution in [-0.4, -0.2) is 34.2 Å². The zero-order valence-corrected chi connectivity index (χ0v) is 11.5. The molecule has 0 amide bonds. The first-order chi connectivity index (χ1) is 8.61. The number of hydrogen-bond acceptors (Lipinski definition) is 4. The average Bonchev–Trinajstić information content (AvgIpc) is 2.36. The van der Waals surface area contributed by atoms with Crippen LogP contribution in [0.3, 0.4) is 0 Å². The van der Waals surface area contributed by atoms with Crippen molar-refractivity contribution in [3.63, 3.8) is 0 Å². The van der Waals surface area contributed by atoms with Crippen LogP contribution in [0.5, 0.6) is 0 Å². The fourth-order valence-electron chi connectivity index (χ4n) is 1.81. The number of thioether (sulfide) groups is 1. The third-order valence-electron chi connectivity index (χ3n) is 2.70. The summed E-state index contributed by atoms with van der Waals surface area (Å²) in [6, 6.07) is 12.0. The molecule has 0 saturated heterocycles. The van der Waals surface area contributed by atoms with E-state index in [1.165, 1.54) is 0 Å². The summed E-state index contributed by atoms with van der Waals surface area (Å²) < 4.78 is 0. The summed E-state index contributed by atoms with van der Waals surface area (Å²) in [4.78, 5) is 4.51. The Kier molecular flexibility index (Phi) is 4.09. The van der Waals surface area contributed by atoms with Gasteiger partial charge in [-0.1, -0.05) is 18.2 Å². The lowest BCUT2D eigenvalue weighted by Gasteiger charge is -2.22. The van der Waals surface area contributed by atoms with Crippen molar-refractivity contribution in [2.45, 2.75) is 12.5 Å². The minimum absolute atomic E-state index is 0.499. The normalized spacial score (nSPS) is 14.4. The summed E-state index contributed by atoms with van der Waals surface area (Å²) >= 11 is 1.64. The van der Waals surface area contributed by atoms with Gasteiger partial charge in [-0.15, -0.1) is 0 Å². The molecule has 0 spiro atoms. The van der Waals surface area contributed by atoms with E-state index in [1.54, 1.807) is 11.8 Å². The van der Waals surface area contributed by atoms with E-state index in [-0.39, 0.29) is 0 Å². The lowest BCUT2D eigenvalue weighted by atomic mass is 10.1. The maximum absolute atomic E-state index is 10.1. The maximum atomic E-state index is 10.1. The van der Waals surface area contributed by atoms with Crippen LogP contribution >= 0.6 is 11.8 Å². The van der Waals surface area contributed by atoms with Gasteiger partial charge in [0.25, 0.3) is 0 Å². The molecule has 0 saturated carbocycles. The molecule has 4 heteroatoms. The number of hydrogen-bond donors (Lipinski definition) is 2. The van der Waals surface area contributed by atoms with E-state index in [4.69, 9.17) is 0 Å². The van der Waals surface area contributed by atoms with Crippen molar-refractivity contribution in [2.24, 2.45) is 0 Å². The number of benzene rings is 1. The van der Waals surface area contributed by atoms with Gasteiger partial charge in [-0.2, -0.15) is 11.8 Å². The predicted molar refractivity (Wildman–Crippen MR) is 79.2 cm³/mol. The number of para-hydroxylation sites is 1. The quantitative estimate of drug-likeness (QED) is 0.869. The van der Waals surface area contributed by atoms with Gasteiger partial charge in [-0.05, 0) is 31.4 Å². The number of nitrogens with one attached hydrogen (secondary N) is 1. The van der Waals surface area contributed by atoms with E-state index in [9.17, 15) is 5.11 Å². The molecule has 1 aromatic heterocycles. The lowest BCUT2D eigenvalue weighted by molar-refractivity contribution is 0.0996. The Morgan fingerprint density at radius 2 is 2.06 bits per heavy atom. The van der Waals surface area contributed by atoms with Crippen LogP contribution in [0.1, 0.15) is 6.92 Å². The fourth-order valence-corrected chi connectivity index (χ4v) is 2.53. The Morgan fingerprint density at radius 1 is 1.28 bits per heavy atom. The van der Waals surface area contributed by atoms with E-state index in [0.29, 0.717) is 12.3 Å². The Labute approximate surface area is 112 Å². The molecule has 0 aliphatic carbocycles. The first-order valence-corrected chi connectivity index (χ1v) is 7.31. The molecule has 2 aromatic rings. The number of nitrogens with zero attached hydrogens (tertiary/aromatic N) is 1. The largest absolute Gasteiger partial charge is 0.387 e. The van der Waals surface area contributed by atoms with Crippen LogP contribution in [-0.2, 0) is 0 Å². The predicted octanol–water partition coefficient (Wildman–Crippen LogP) is 2.76. The molecule has 3 nitrogen and oxygen atoms in total. The van der Waals surface area contributed by atoms with E-state index in [1.807, 2.05) is 49.6 Å². The number of aliphatic hydroxyl groups is 1. The van der Waals surface area contributed by atoms with Crippen LogP contribution in [0.2, 0.25) is 0 Å². The van der Waals surface area contributed by atoms with E-state index in [0.717, 1.165) is 16.7 Å². The van der Waals surface area contributed by atoms with Crippen LogP contribution in [0.4, 0.5) is 5.82 Å². The zero-order chi connectivity index (χ0) is 13.0. The number of anilines is 1. The molecular formula is C14H18N2OS. The zero-order valence-electron chi connectivity index (χ0n) is 10.7. The molecular weight excluding hydrogens is 244 g/mol. The summed E-state index contributed by atoms with van der Waals surface area (Å²) in [7, 11) is 0. The van der Waals surface area contributed by atoms with Crippen molar-refractivity contribution in [3.8, 4) is 0 Å². The van der Waals surface area contributed by atoms with Crippen molar-refractivity contribution < 1.29 is 5.11 Å². The Bertz CT molecular complexity index is 528. The molecule has 0 aliphatic heterocycles. The highest BCUT2D eigenvalue weighted by Gasteiger charge is 2.19. The van der Waals surface area contributed by atoms with E-state index < -0.39 is 5.60 Å². The van der Waals surface area contributed by atoms with Gasteiger partial charge >= 0.3 is 0 Å². The first kappa shape index (κ1) is 13.2. The molecule has 1 atom stereocenters. The van der Waals surface area contributed by atoms with E-state index >= 15 is 0 Å². The summed E-state index contributed by atoms with van der Waals surface area (Å²) in [5, 5.41) is 14.4. The molecule has 1 heterocycles. The molecule has 1 unspecified atom stereocenters. The minimum Gasteiger partial charge on any atom is -0.387 e. The second kappa shape index (κ2) is 5.59. The topological polar surface area (TPSA) is 45.1 Å². The molecule has 0 bridgehead atoms. The van der Waals surface area contributed by atoms with Gasteiger partial charge in [0.2, 0.25) is 0 Å². The molecule has 18 heavy (non-hydrogen) atoms. The minimum atomic E-state index is -0.716. The van der Waals surface area contributed by atoms with Gasteiger partial charge in [-0.25, -0.2) is 4.98 Å². The van der Waals surface area contributed by atoms with Crippen molar-refractivity contribution in [2.75, 3.05) is 23.9 Å². The summed E-state index contributed by atoms with van der Waals surface area (Å²) in [6.07, 6.45) is 1.99. The smallest absolute Gasteiger partial charge is 0.126 e. The van der Waals surface area contributed by atoms with Crippen molar-refractivity contribution in [3.05, 3.63) is 36.4 Å². The molecule has 0 fully saturated rings. The van der Waals surface area contributed by atoms with Crippen molar-refractivity contribution in [1.29, 1.82) is 0 Å². The van der Waals surface area contributed by atoms with Gasteiger partial charge in [-0.3, -0.25) is 0 Å². The highest BCUT2D eigenvalue weighted by Crippen LogP contribution is 2.16. The standard InChI is InChI=1S/C14H18N2OS/c1-14(17,10-18-2)9-15-13-8-7-11-5-3-4-6-12(11)16-13/h3-8,17H,9-10H2,1-2H3,(H,15,16). The monoisotopic (exact) mass is 262 g/mol.